The van der Waals surface area contributed by atoms with Crippen LogP contribution in [0.15, 0.2) is 12.2 Å². The average molecular weight is 183 g/mol. The molecule has 1 heterocycles. The molecule has 0 saturated carbocycles. The molecule has 0 unspecified atom stereocenters. The number of nitrogens with zero attached hydrogens (tertiary/aromatic N) is 1. The van der Waals surface area contributed by atoms with Crippen LogP contribution >= 0.6 is 0 Å². The summed E-state index contributed by atoms with van der Waals surface area (Å²) in [5, 5.41) is 0.783. The Bertz CT molecular complexity index is 245. The maximum atomic E-state index is 11.0. The van der Waals surface area contributed by atoms with E-state index in [1.807, 2.05) is 20.8 Å². The lowest BCUT2D eigenvalue weighted by molar-refractivity contribution is -0.192. The Hall–Kier alpha value is -1.16. The number of hydrogen-bond acceptors (Lipinski definition) is 3. The summed E-state index contributed by atoms with van der Waals surface area (Å²) in [6.07, 6.45) is 2.40. The van der Waals surface area contributed by atoms with E-state index in [1.54, 1.807) is 0 Å². The first-order chi connectivity index (χ1) is 5.90. The third-order valence-electron chi connectivity index (χ3n) is 1.40. The number of hydroxylamine groups is 2. The zero-order valence-electron chi connectivity index (χ0n) is 8.03. The number of amides is 2. The van der Waals surface area contributed by atoms with E-state index < -0.39 is 11.8 Å². The highest BCUT2D eigenvalue weighted by Crippen LogP contribution is 2.15. The highest BCUT2D eigenvalue weighted by atomic mass is 16.7. The van der Waals surface area contributed by atoms with Gasteiger partial charge in [0.25, 0.3) is 11.8 Å². The summed E-state index contributed by atoms with van der Waals surface area (Å²) in [5.74, 6) is -0.816. The van der Waals surface area contributed by atoms with Crippen molar-refractivity contribution in [3.05, 3.63) is 12.2 Å². The molecule has 72 valence electrons. The molecule has 0 N–H and O–H groups in total. The number of carbonyl (C=O) groups excluding carboxylic acids is 2. The molecule has 13 heavy (non-hydrogen) atoms. The predicted octanol–water partition coefficient (Wildman–Crippen LogP) is 0.889. The van der Waals surface area contributed by atoms with E-state index in [0.29, 0.717) is 6.61 Å². The maximum absolute atomic E-state index is 11.0. The van der Waals surface area contributed by atoms with Gasteiger partial charge in [-0.1, -0.05) is 20.8 Å². The van der Waals surface area contributed by atoms with Gasteiger partial charge in [-0.25, -0.2) is 0 Å². The molecule has 1 rings (SSSR count). The van der Waals surface area contributed by atoms with E-state index >= 15 is 0 Å². The highest BCUT2D eigenvalue weighted by molar-refractivity contribution is 6.11. The molecule has 0 radical (unpaired) electrons. The zero-order valence-corrected chi connectivity index (χ0v) is 8.03. The molecule has 0 aromatic carbocycles. The van der Waals surface area contributed by atoms with Crippen molar-refractivity contribution >= 4 is 11.8 Å². The van der Waals surface area contributed by atoms with Gasteiger partial charge < -0.3 is 0 Å². The molecule has 1 aliphatic rings. The molecule has 0 aromatic heterocycles. The van der Waals surface area contributed by atoms with E-state index in [4.69, 9.17) is 4.84 Å². The van der Waals surface area contributed by atoms with Gasteiger partial charge >= 0.3 is 0 Å². The Morgan fingerprint density at radius 1 is 1.23 bits per heavy atom. The van der Waals surface area contributed by atoms with Crippen LogP contribution in [0.25, 0.3) is 0 Å². The summed E-state index contributed by atoms with van der Waals surface area (Å²) in [6.45, 7) is 6.23. The lowest BCUT2D eigenvalue weighted by atomic mass is 9.99. The summed E-state index contributed by atoms with van der Waals surface area (Å²) < 4.78 is 0. The van der Waals surface area contributed by atoms with Gasteiger partial charge in [-0.15, -0.1) is 5.06 Å². The molecule has 2 amide bonds. The number of rotatable bonds is 2. The van der Waals surface area contributed by atoms with Crippen molar-refractivity contribution in [2.24, 2.45) is 5.41 Å². The summed E-state index contributed by atoms with van der Waals surface area (Å²) >= 11 is 0. The van der Waals surface area contributed by atoms with E-state index in [9.17, 15) is 9.59 Å². The fraction of sp³-hybridized carbons (Fsp3) is 0.556. The molecule has 4 heteroatoms. The maximum Gasteiger partial charge on any atom is 0.277 e. The molecule has 0 bridgehead atoms. The first-order valence-corrected chi connectivity index (χ1v) is 4.09. The normalized spacial score (nSPS) is 17.3. The first-order valence-electron chi connectivity index (χ1n) is 4.09. The summed E-state index contributed by atoms with van der Waals surface area (Å²) in [5.41, 5.74) is -0.0663. The summed E-state index contributed by atoms with van der Waals surface area (Å²) in [7, 11) is 0. The van der Waals surface area contributed by atoms with Gasteiger partial charge in [-0.3, -0.25) is 14.4 Å². The SMILES string of the molecule is CC(C)(C)CON1C(=O)C=CC1=O. The minimum Gasteiger partial charge on any atom is -0.267 e. The van der Waals surface area contributed by atoms with Gasteiger partial charge in [0.1, 0.15) is 0 Å². The van der Waals surface area contributed by atoms with Crippen LogP contribution in [-0.4, -0.2) is 23.5 Å². The molecule has 0 aliphatic carbocycles. The lowest BCUT2D eigenvalue weighted by Gasteiger charge is -2.21. The lowest BCUT2D eigenvalue weighted by Crippen LogP contribution is -2.33. The molecular weight excluding hydrogens is 170 g/mol. The standard InChI is InChI=1S/C9H13NO3/c1-9(2,3)6-13-10-7(11)4-5-8(10)12/h4-5H,6H2,1-3H3. The molecule has 0 fully saturated rings. The second kappa shape index (κ2) is 3.30. The van der Waals surface area contributed by atoms with Gasteiger partial charge in [-0.2, -0.15) is 0 Å². The minimum atomic E-state index is -0.408. The van der Waals surface area contributed by atoms with Crippen molar-refractivity contribution < 1.29 is 14.4 Å². The molecule has 1 aliphatic heterocycles. The van der Waals surface area contributed by atoms with Crippen molar-refractivity contribution in [3.63, 3.8) is 0 Å². The number of carbonyl (C=O) groups is 2. The van der Waals surface area contributed by atoms with Gasteiger partial charge in [0.2, 0.25) is 0 Å². The topological polar surface area (TPSA) is 46.6 Å². The number of imide groups is 1. The van der Waals surface area contributed by atoms with Crippen molar-refractivity contribution in [1.82, 2.24) is 5.06 Å². The van der Waals surface area contributed by atoms with Gasteiger partial charge in [0.05, 0.1) is 6.61 Å². The third-order valence-corrected chi connectivity index (χ3v) is 1.40. The Kier molecular flexibility index (Phi) is 2.52. The summed E-state index contributed by atoms with van der Waals surface area (Å²) in [6, 6.07) is 0. The van der Waals surface area contributed by atoms with Crippen LogP contribution in [0.2, 0.25) is 0 Å². The van der Waals surface area contributed by atoms with Crippen molar-refractivity contribution in [1.29, 1.82) is 0 Å². The Balaban J connectivity index is 2.47. The monoisotopic (exact) mass is 183 g/mol. The minimum absolute atomic E-state index is 0.0663. The molecule has 0 spiro atoms. The van der Waals surface area contributed by atoms with Crippen LogP contribution in [0.1, 0.15) is 20.8 Å². The third kappa shape index (κ3) is 2.66. The zero-order chi connectivity index (χ0) is 10.1. The smallest absolute Gasteiger partial charge is 0.267 e. The van der Waals surface area contributed by atoms with Crippen molar-refractivity contribution in [2.45, 2.75) is 20.8 Å². The quantitative estimate of drug-likeness (QED) is 0.597. The summed E-state index contributed by atoms with van der Waals surface area (Å²) in [4.78, 5) is 27.1. The van der Waals surface area contributed by atoms with Crippen LogP contribution < -0.4 is 0 Å². The predicted molar refractivity (Wildman–Crippen MR) is 46.4 cm³/mol. The average Bonchev–Trinajstić information content (AvgIpc) is 2.27. The Morgan fingerprint density at radius 3 is 2.08 bits per heavy atom. The molecule has 0 aromatic rings. The van der Waals surface area contributed by atoms with Crippen LogP contribution in [0.3, 0.4) is 0 Å². The van der Waals surface area contributed by atoms with Crippen LogP contribution in [-0.2, 0) is 14.4 Å². The Labute approximate surface area is 77.1 Å². The van der Waals surface area contributed by atoms with E-state index in [0.717, 1.165) is 5.06 Å². The van der Waals surface area contributed by atoms with Crippen LogP contribution in [0.4, 0.5) is 0 Å². The van der Waals surface area contributed by atoms with Crippen molar-refractivity contribution in [2.75, 3.05) is 6.61 Å². The largest absolute Gasteiger partial charge is 0.277 e. The Morgan fingerprint density at radius 2 is 1.69 bits per heavy atom. The van der Waals surface area contributed by atoms with Gasteiger partial charge in [0, 0.05) is 12.2 Å². The van der Waals surface area contributed by atoms with Crippen molar-refractivity contribution in [3.8, 4) is 0 Å². The molecule has 4 nitrogen and oxygen atoms in total. The number of hydrogen-bond donors (Lipinski definition) is 0. The second-order valence-electron chi connectivity index (χ2n) is 4.14. The van der Waals surface area contributed by atoms with E-state index in [-0.39, 0.29) is 5.41 Å². The fourth-order valence-electron chi connectivity index (χ4n) is 0.772. The molecule has 0 atom stereocenters. The van der Waals surface area contributed by atoms with Gasteiger partial charge in [-0.05, 0) is 5.41 Å². The molecule has 0 saturated heterocycles. The van der Waals surface area contributed by atoms with E-state index in [2.05, 4.69) is 0 Å². The molecular formula is C9H13NO3. The first kappa shape index (κ1) is 9.92. The van der Waals surface area contributed by atoms with Crippen LogP contribution in [0, 0.1) is 5.41 Å². The fourth-order valence-corrected chi connectivity index (χ4v) is 0.772. The van der Waals surface area contributed by atoms with E-state index in [1.165, 1.54) is 12.2 Å². The highest BCUT2D eigenvalue weighted by Gasteiger charge is 2.26. The van der Waals surface area contributed by atoms with Crippen LogP contribution in [0.5, 0.6) is 0 Å². The second-order valence-corrected chi connectivity index (χ2v) is 4.14. The van der Waals surface area contributed by atoms with Gasteiger partial charge in [0.15, 0.2) is 0 Å².